The molecule has 28 heavy (non-hydrogen) atoms. The smallest absolute Gasteiger partial charge is 0.199 e. The van der Waals surface area contributed by atoms with Crippen molar-refractivity contribution in [3.8, 4) is 0 Å². The maximum absolute atomic E-state index is 12.8. The molecular formula is C20H16N2O6. The van der Waals surface area contributed by atoms with Crippen LogP contribution in [-0.2, 0) is 0 Å². The molecule has 0 aromatic heterocycles. The van der Waals surface area contributed by atoms with Crippen LogP contribution in [-0.4, -0.2) is 22.0 Å². The molecule has 3 aromatic rings. The topological polar surface area (TPSA) is 130 Å². The van der Waals surface area contributed by atoms with E-state index in [-0.39, 0.29) is 22.3 Å². The van der Waals surface area contributed by atoms with Crippen LogP contribution >= 0.6 is 0 Å². The Labute approximate surface area is 159 Å². The largest absolute Gasteiger partial charge is 0.595 e. The van der Waals surface area contributed by atoms with Gasteiger partial charge in [0.05, 0.1) is 17.2 Å². The number of carbonyl (C=O) groups excluding carboxylic acids is 2. The molecule has 0 saturated heterocycles. The molecule has 142 valence electrons. The molecule has 4 N–H and O–H groups in total. The lowest BCUT2D eigenvalue weighted by Gasteiger charge is -2.20. The predicted octanol–water partition coefficient (Wildman–Crippen LogP) is 0.955. The maximum Gasteiger partial charge on any atom is 0.199 e. The molecule has 3 rings (SSSR count). The van der Waals surface area contributed by atoms with Crippen molar-refractivity contribution in [3.63, 3.8) is 0 Å². The van der Waals surface area contributed by atoms with E-state index in [1.54, 1.807) is 36.4 Å². The summed E-state index contributed by atoms with van der Waals surface area (Å²) in [4.78, 5) is 25.7. The summed E-state index contributed by atoms with van der Waals surface area (Å²) in [5.74, 6) is -1.23. The zero-order valence-corrected chi connectivity index (χ0v) is 14.5. The molecule has 0 fully saturated rings. The molecule has 0 aliphatic rings. The minimum atomic E-state index is -1.46. The van der Waals surface area contributed by atoms with Crippen molar-refractivity contribution in [2.24, 2.45) is 0 Å². The molecule has 2 unspecified atom stereocenters. The number of hydrogen-bond donors (Lipinski definition) is 4. The average Bonchev–Trinajstić information content (AvgIpc) is 2.72. The summed E-state index contributed by atoms with van der Waals surface area (Å²) in [6, 6.07) is 17.8. The van der Waals surface area contributed by atoms with Gasteiger partial charge in [-0.15, -0.1) is 0 Å². The van der Waals surface area contributed by atoms with Gasteiger partial charge in [0.2, 0.25) is 0 Å². The van der Waals surface area contributed by atoms with Crippen LogP contribution in [0.25, 0.3) is 0 Å². The van der Waals surface area contributed by atoms with Crippen molar-refractivity contribution in [1.82, 2.24) is 0 Å². The van der Waals surface area contributed by atoms with Crippen molar-refractivity contribution in [2.45, 2.75) is 0 Å². The third-order valence-electron chi connectivity index (χ3n) is 4.18. The first-order valence-electron chi connectivity index (χ1n) is 8.24. The summed E-state index contributed by atoms with van der Waals surface area (Å²) in [5.41, 5.74) is -0.991. The second-order valence-electron chi connectivity index (χ2n) is 5.94. The molecule has 0 spiro atoms. The van der Waals surface area contributed by atoms with Crippen LogP contribution in [0.1, 0.15) is 31.8 Å². The third-order valence-corrected chi connectivity index (χ3v) is 4.18. The van der Waals surface area contributed by atoms with E-state index < -0.39 is 33.4 Å². The standard InChI is InChI=1S/C20H16N2O6/c23-19(13-7-3-1-4-8-13)15-11-16(20(24)14-9-5-2-6-10-14)18(22(27)28)12-17(15)21(25)26/h1-12,21-22,25,27H. The van der Waals surface area contributed by atoms with Gasteiger partial charge in [0.25, 0.3) is 0 Å². The highest BCUT2D eigenvalue weighted by Crippen LogP contribution is 2.25. The second kappa shape index (κ2) is 8.19. The van der Waals surface area contributed by atoms with E-state index in [2.05, 4.69) is 0 Å². The fourth-order valence-corrected chi connectivity index (χ4v) is 2.82. The predicted molar refractivity (Wildman–Crippen MR) is 97.7 cm³/mol. The van der Waals surface area contributed by atoms with Crippen molar-refractivity contribution < 1.29 is 30.5 Å². The zero-order valence-electron chi connectivity index (χ0n) is 14.5. The number of rotatable bonds is 6. The van der Waals surface area contributed by atoms with Gasteiger partial charge in [-0.1, -0.05) is 60.7 Å². The summed E-state index contributed by atoms with van der Waals surface area (Å²) >= 11 is 0. The molecule has 0 radical (unpaired) electrons. The number of benzene rings is 3. The van der Waals surface area contributed by atoms with Gasteiger partial charge in [-0.05, 0) is 6.07 Å². The van der Waals surface area contributed by atoms with Crippen molar-refractivity contribution in [1.29, 1.82) is 0 Å². The Hall–Kier alpha value is -3.24. The second-order valence-corrected chi connectivity index (χ2v) is 5.94. The molecule has 0 bridgehead atoms. The van der Waals surface area contributed by atoms with Crippen LogP contribution in [0.2, 0.25) is 0 Å². The highest BCUT2D eigenvalue weighted by Gasteiger charge is 2.27. The van der Waals surface area contributed by atoms with Crippen LogP contribution in [0.4, 0.5) is 11.4 Å². The molecule has 0 saturated carbocycles. The Morgan fingerprint density at radius 2 is 1.00 bits per heavy atom. The van der Waals surface area contributed by atoms with Crippen molar-refractivity contribution in [2.75, 3.05) is 0 Å². The maximum atomic E-state index is 12.8. The zero-order chi connectivity index (χ0) is 20.3. The van der Waals surface area contributed by atoms with Gasteiger partial charge in [-0.2, -0.15) is 10.5 Å². The summed E-state index contributed by atoms with van der Waals surface area (Å²) < 4.78 is 0. The van der Waals surface area contributed by atoms with Crippen LogP contribution in [0.5, 0.6) is 0 Å². The first-order valence-corrected chi connectivity index (χ1v) is 8.24. The molecule has 0 aliphatic heterocycles. The van der Waals surface area contributed by atoms with Gasteiger partial charge in [0.1, 0.15) is 0 Å². The minimum absolute atomic E-state index is 0.228. The van der Waals surface area contributed by atoms with Crippen LogP contribution in [0.15, 0.2) is 72.8 Å². The van der Waals surface area contributed by atoms with Gasteiger partial charge < -0.3 is 10.4 Å². The normalized spacial score (nSPS) is 13.0. The van der Waals surface area contributed by atoms with E-state index in [9.17, 15) is 30.4 Å². The van der Waals surface area contributed by atoms with Crippen LogP contribution in [0.3, 0.4) is 0 Å². The molecule has 3 aromatic carbocycles. The lowest BCUT2D eigenvalue weighted by molar-refractivity contribution is -0.996. The van der Waals surface area contributed by atoms with E-state index in [0.29, 0.717) is 0 Å². The highest BCUT2D eigenvalue weighted by atomic mass is 16.8. The Morgan fingerprint density at radius 3 is 1.32 bits per heavy atom. The fraction of sp³-hybridized carbons (Fsp3) is 0. The number of carbonyl (C=O) groups is 2. The molecule has 0 aliphatic carbocycles. The van der Waals surface area contributed by atoms with E-state index >= 15 is 0 Å². The Balaban J connectivity index is 2.21. The van der Waals surface area contributed by atoms with Gasteiger partial charge in [0.15, 0.2) is 22.9 Å². The van der Waals surface area contributed by atoms with E-state index in [4.69, 9.17) is 0 Å². The first kappa shape index (κ1) is 19.5. The lowest BCUT2D eigenvalue weighted by Crippen LogP contribution is -3.01. The fourth-order valence-electron chi connectivity index (χ4n) is 2.82. The Morgan fingerprint density at radius 1 is 0.643 bits per heavy atom. The monoisotopic (exact) mass is 380 g/mol. The highest BCUT2D eigenvalue weighted by molar-refractivity contribution is 6.16. The van der Waals surface area contributed by atoms with Crippen LogP contribution < -0.4 is 10.5 Å². The number of nitrogens with one attached hydrogen (secondary N) is 2. The van der Waals surface area contributed by atoms with E-state index in [1.807, 2.05) is 0 Å². The molecule has 0 heterocycles. The minimum Gasteiger partial charge on any atom is -0.595 e. The van der Waals surface area contributed by atoms with Crippen LogP contribution in [0, 0.1) is 10.4 Å². The van der Waals surface area contributed by atoms with Gasteiger partial charge in [-0.25, -0.2) is 10.4 Å². The van der Waals surface area contributed by atoms with Crippen molar-refractivity contribution >= 4 is 22.9 Å². The molecule has 0 amide bonds. The van der Waals surface area contributed by atoms with E-state index in [0.717, 1.165) is 12.1 Å². The summed E-state index contributed by atoms with van der Waals surface area (Å²) in [5, 5.41) is 39.4. The number of hydrogen-bond acceptors (Lipinski definition) is 6. The molecule has 2 atom stereocenters. The van der Waals surface area contributed by atoms with Gasteiger partial charge in [-0.3, -0.25) is 9.59 Å². The SMILES string of the molecule is O=C(c1ccccc1)c1cc(C(=O)c2ccccc2)c([NH+]([O-])O)cc1[NH+]([O-])O. The number of quaternary nitrogens is 2. The lowest BCUT2D eigenvalue weighted by atomic mass is 9.94. The quantitative estimate of drug-likeness (QED) is 0.372. The molecule has 8 nitrogen and oxygen atoms in total. The third kappa shape index (κ3) is 3.87. The van der Waals surface area contributed by atoms with E-state index in [1.165, 1.54) is 24.3 Å². The Bertz CT molecular complexity index is 925. The average molecular weight is 380 g/mol. The Kier molecular flexibility index (Phi) is 5.71. The molecular weight excluding hydrogens is 364 g/mol. The molecule has 8 heteroatoms. The van der Waals surface area contributed by atoms with Gasteiger partial charge in [0, 0.05) is 11.1 Å². The summed E-state index contributed by atoms with van der Waals surface area (Å²) in [6.45, 7) is 0. The van der Waals surface area contributed by atoms with Crippen molar-refractivity contribution in [3.05, 3.63) is 105 Å². The van der Waals surface area contributed by atoms with Gasteiger partial charge >= 0.3 is 0 Å². The summed E-state index contributed by atoms with van der Waals surface area (Å²) in [6.07, 6.45) is 0. The summed E-state index contributed by atoms with van der Waals surface area (Å²) in [7, 11) is 0. The first-order chi connectivity index (χ1) is 13.4. The number of ketones is 2.